The molecule has 5 nitrogen and oxygen atoms in total. The largest absolute Gasteiger partial charge is 0.370 e. The first-order chi connectivity index (χ1) is 10.1. The van der Waals surface area contributed by atoms with Gasteiger partial charge in [0, 0.05) is 18.0 Å². The standard InChI is InChI=1S/C14H19ClN2O3S/c15-12-5-4-11(21-12)3-1-2-6-16-13(18)9-17-7-8-20-10-14(17)19/h4-5H,1-3,6-10H2,(H,16,18). The van der Waals surface area contributed by atoms with Crippen molar-refractivity contribution < 1.29 is 14.3 Å². The molecule has 0 aliphatic carbocycles. The second kappa shape index (κ2) is 8.36. The number of unbranched alkanes of at least 4 members (excludes halogenated alkanes) is 1. The van der Waals surface area contributed by atoms with Crippen molar-refractivity contribution >= 4 is 34.8 Å². The van der Waals surface area contributed by atoms with E-state index in [0.29, 0.717) is 19.7 Å². The highest BCUT2D eigenvalue weighted by Crippen LogP contribution is 2.22. The normalized spacial score (nSPS) is 15.3. The molecule has 2 amide bonds. The molecule has 1 aromatic heterocycles. The first-order valence-electron chi connectivity index (χ1n) is 7.01. The minimum Gasteiger partial charge on any atom is -0.370 e. The Bertz CT molecular complexity index is 492. The van der Waals surface area contributed by atoms with Gasteiger partial charge in [0.2, 0.25) is 11.8 Å². The Morgan fingerprint density at radius 1 is 1.43 bits per heavy atom. The number of nitrogens with one attached hydrogen (secondary N) is 1. The Hall–Kier alpha value is -1.11. The number of hydrogen-bond acceptors (Lipinski definition) is 4. The molecule has 2 rings (SSSR count). The highest BCUT2D eigenvalue weighted by Gasteiger charge is 2.20. The van der Waals surface area contributed by atoms with Crippen molar-refractivity contribution in [3.05, 3.63) is 21.3 Å². The zero-order chi connectivity index (χ0) is 15.1. The van der Waals surface area contributed by atoms with Gasteiger partial charge in [0.15, 0.2) is 0 Å². The van der Waals surface area contributed by atoms with E-state index in [-0.39, 0.29) is 25.0 Å². The van der Waals surface area contributed by atoms with Gasteiger partial charge in [0.1, 0.15) is 6.61 Å². The van der Waals surface area contributed by atoms with Crippen LogP contribution in [0.2, 0.25) is 4.34 Å². The molecule has 0 radical (unpaired) electrons. The van der Waals surface area contributed by atoms with Crippen LogP contribution in [0.5, 0.6) is 0 Å². The molecule has 7 heteroatoms. The molecule has 21 heavy (non-hydrogen) atoms. The lowest BCUT2D eigenvalue weighted by molar-refractivity contribution is -0.145. The quantitative estimate of drug-likeness (QED) is 0.774. The Morgan fingerprint density at radius 2 is 2.29 bits per heavy atom. The summed E-state index contributed by atoms with van der Waals surface area (Å²) in [6.07, 6.45) is 2.90. The van der Waals surface area contributed by atoms with Crippen molar-refractivity contribution in [2.45, 2.75) is 19.3 Å². The fourth-order valence-corrected chi connectivity index (χ4v) is 3.21. The van der Waals surface area contributed by atoms with Crippen molar-refractivity contribution in [3.8, 4) is 0 Å². The molecule has 116 valence electrons. The van der Waals surface area contributed by atoms with Gasteiger partial charge >= 0.3 is 0 Å². The number of carbonyl (C=O) groups excluding carboxylic acids is 2. The zero-order valence-electron chi connectivity index (χ0n) is 11.8. The van der Waals surface area contributed by atoms with Gasteiger partial charge in [-0.1, -0.05) is 11.6 Å². The van der Waals surface area contributed by atoms with Crippen LogP contribution in [-0.2, 0) is 20.7 Å². The van der Waals surface area contributed by atoms with Crippen LogP contribution in [0.1, 0.15) is 17.7 Å². The third-order valence-corrected chi connectivity index (χ3v) is 4.51. The molecule has 2 heterocycles. The molecule has 0 bridgehead atoms. The van der Waals surface area contributed by atoms with Gasteiger partial charge in [0.05, 0.1) is 17.5 Å². The van der Waals surface area contributed by atoms with E-state index in [0.717, 1.165) is 23.6 Å². The second-order valence-electron chi connectivity index (χ2n) is 4.88. The summed E-state index contributed by atoms with van der Waals surface area (Å²) in [6, 6.07) is 3.94. The molecule has 1 aromatic rings. The summed E-state index contributed by atoms with van der Waals surface area (Å²) in [4.78, 5) is 26.0. The molecule has 0 atom stereocenters. The number of amides is 2. The predicted molar refractivity (Wildman–Crippen MR) is 82.7 cm³/mol. The van der Waals surface area contributed by atoms with Gasteiger partial charge in [-0.25, -0.2) is 0 Å². The van der Waals surface area contributed by atoms with Crippen LogP contribution in [0.25, 0.3) is 0 Å². The van der Waals surface area contributed by atoms with Gasteiger partial charge in [-0.05, 0) is 31.4 Å². The summed E-state index contributed by atoms with van der Waals surface area (Å²) in [5, 5.41) is 2.85. The topological polar surface area (TPSA) is 58.6 Å². The first-order valence-corrected chi connectivity index (χ1v) is 8.21. The van der Waals surface area contributed by atoms with Crippen molar-refractivity contribution in [2.75, 3.05) is 32.8 Å². The molecule has 0 saturated carbocycles. The van der Waals surface area contributed by atoms with Crippen molar-refractivity contribution in [1.82, 2.24) is 10.2 Å². The van der Waals surface area contributed by atoms with Gasteiger partial charge < -0.3 is 15.0 Å². The molecule has 0 spiro atoms. The van der Waals surface area contributed by atoms with Crippen LogP contribution in [0.15, 0.2) is 12.1 Å². The first kappa shape index (κ1) is 16.3. The third kappa shape index (κ3) is 5.65. The molecule has 1 fully saturated rings. The third-order valence-electron chi connectivity index (χ3n) is 3.22. The maximum Gasteiger partial charge on any atom is 0.249 e. The minimum absolute atomic E-state index is 0.0800. The lowest BCUT2D eigenvalue weighted by Gasteiger charge is -2.26. The van der Waals surface area contributed by atoms with Crippen LogP contribution in [0.4, 0.5) is 0 Å². The highest BCUT2D eigenvalue weighted by molar-refractivity contribution is 7.16. The van der Waals surface area contributed by atoms with E-state index in [1.807, 2.05) is 12.1 Å². The second-order valence-corrected chi connectivity index (χ2v) is 6.68. The molecule has 0 unspecified atom stereocenters. The summed E-state index contributed by atoms with van der Waals surface area (Å²) >= 11 is 7.46. The summed E-state index contributed by atoms with van der Waals surface area (Å²) < 4.78 is 5.83. The molecular formula is C14H19ClN2O3S. The van der Waals surface area contributed by atoms with Gasteiger partial charge in [-0.2, -0.15) is 0 Å². The van der Waals surface area contributed by atoms with Gasteiger partial charge in [-0.15, -0.1) is 11.3 Å². The summed E-state index contributed by atoms with van der Waals surface area (Å²) in [5.74, 6) is -0.226. The Kier molecular flexibility index (Phi) is 6.48. The minimum atomic E-state index is -0.119. The number of thiophene rings is 1. The van der Waals surface area contributed by atoms with Crippen LogP contribution >= 0.6 is 22.9 Å². The average molecular weight is 331 g/mol. The number of nitrogens with zero attached hydrogens (tertiary/aromatic N) is 1. The van der Waals surface area contributed by atoms with Gasteiger partial charge in [0.25, 0.3) is 0 Å². The van der Waals surface area contributed by atoms with Crippen LogP contribution in [-0.4, -0.2) is 49.6 Å². The summed E-state index contributed by atoms with van der Waals surface area (Å²) in [7, 11) is 0. The lowest BCUT2D eigenvalue weighted by Crippen LogP contribution is -2.46. The maximum absolute atomic E-state index is 11.7. The molecular weight excluding hydrogens is 312 g/mol. The number of carbonyl (C=O) groups is 2. The Morgan fingerprint density at radius 3 is 3.00 bits per heavy atom. The average Bonchev–Trinajstić information content (AvgIpc) is 2.87. The lowest BCUT2D eigenvalue weighted by atomic mass is 10.2. The molecule has 1 aliphatic heterocycles. The van der Waals surface area contributed by atoms with Crippen LogP contribution in [0.3, 0.4) is 0 Å². The van der Waals surface area contributed by atoms with E-state index >= 15 is 0 Å². The SMILES string of the molecule is O=C(CN1CCOCC1=O)NCCCCc1ccc(Cl)s1. The number of ether oxygens (including phenoxy) is 1. The van der Waals surface area contributed by atoms with E-state index in [1.54, 1.807) is 11.3 Å². The van der Waals surface area contributed by atoms with Crippen LogP contribution < -0.4 is 5.32 Å². The number of aryl methyl sites for hydroxylation is 1. The van der Waals surface area contributed by atoms with Gasteiger partial charge in [-0.3, -0.25) is 9.59 Å². The number of hydrogen-bond donors (Lipinski definition) is 1. The smallest absolute Gasteiger partial charge is 0.249 e. The zero-order valence-corrected chi connectivity index (χ0v) is 13.3. The highest BCUT2D eigenvalue weighted by atomic mass is 35.5. The molecule has 1 saturated heterocycles. The summed E-state index contributed by atoms with van der Waals surface area (Å²) in [5.41, 5.74) is 0. The Labute approximate surface area is 133 Å². The van der Waals surface area contributed by atoms with E-state index < -0.39 is 0 Å². The molecule has 1 N–H and O–H groups in total. The Balaban J connectivity index is 1.55. The summed E-state index contributed by atoms with van der Waals surface area (Å²) in [6.45, 7) is 1.84. The van der Waals surface area contributed by atoms with Crippen molar-refractivity contribution in [3.63, 3.8) is 0 Å². The van der Waals surface area contributed by atoms with E-state index in [2.05, 4.69) is 5.32 Å². The van der Waals surface area contributed by atoms with Crippen molar-refractivity contribution in [2.24, 2.45) is 0 Å². The number of morpholine rings is 1. The maximum atomic E-state index is 11.7. The van der Waals surface area contributed by atoms with E-state index in [4.69, 9.17) is 16.3 Å². The number of rotatable bonds is 7. The molecule has 1 aliphatic rings. The van der Waals surface area contributed by atoms with Crippen molar-refractivity contribution in [1.29, 1.82) is 0 Å². The predicted octanol–water partition coefficient (Wildman–Crippen LogP) is 1.70. The fraction of sp³-hybridized carbons (Fsp3) is 0.571. The molecule has 0 aromatic carbocycles. The van der Waals surface area contributed by atoms with E-state index in [9.17, 15) is 9.59 Å². The monoisotopic (exact) mass is 330 g/mol. The van der Waals surface area contributed by atoms with Crippen LogP contribution in [0, 0.1) is 0 Å². The van der Waals surface area contributed by atoms with E-state index in [1.165, 1.54) is 9.78 Å². The fourth-order valence-electron chi connectivity index (χ4n) is 2.08. The number of halogens is 1.